The molecule has 0 aliphatic carbocycles. The molecule has 0 radical (unpaired) electrons. The van der Waals surface area contributed by atoms with Crippen molar-refractivity contribution in [3.63, 3.8) is 0 Å². The molecule has 0 aliphatic rings. The van der Waals surface area contributed by atoms with Crippen LogP contribution < -0.4 is 4.74 Å². The van der Waals surface area contributed by atoms with E-state index in [-0.39, 0.29) is 5.88 Å². The minimum absolute atomic E-state index is 0.274. The highest BCUT2D eigenvalue weighted by Crippen LogP contribution is 2.32. The first-order valence-electron chi connectivity index (χ1n) is 5.16. The van der Waals surface area contributed by atoms with Gasteiger partial charge in [0.05, 0.1) is 22.8 Å². The fraction of sp³-hybridized carbons (Fsp3) is 0.167. The van der Waals surface area contributed by atoms with Gasteiger partial charge in [0.15, 0.2) is 0 Å². The van der Waals surface area contributed by atoms with E-state index in [0.717, 1.165) is 12.1 Å². The van der Waals surface area contributed by atoms with Crippen LogP contribution in [-0.4, -0.2) is 17.3 Å². The first-order valence-corrected chi connectivity index (χ1v) is 5.96. The zero-order chi connectivity index (χ0) is 14.0. The van der Waals surface area contributed by atoms with E-state index in [2.05, 4.69) is 26.1 Å². The molecule has 0 aliphatic heterocycles. The van der Waals surface area contributed by atoms with Crippen LogP contribution >= 0.6 is 15.9 Å². The zero-order valence-corrected chi connectivity index (χ0v) is 11.3. The average Bonchev–Trinajstić information content (AvgIpc) is 2.38. The number of rotatable bonds is 2. The molecule has 3 nitrogen and oxygen atoms in total. The number of benzene rings is 1. The van der Waals surface area contributed by atoms with Crippen molar-refractivity contribution in [3.8, 4) is 17.1 Å². The van der Waals surface area contributed by atoms with E-state index in [9.17, 15) is 13.2 Å². The van der Waals surface area contributed by atoms with Gasteiger partial charge in [0.25, 0.3) is 0 Å². The van der Waals surface area contributed by atoms with Gasteiger partial charge in [-0.3, -0.25) is 0 Å². The molecule has 1 heterocycles. The van der Waals surface area contributed by atoms with Crippen LogP contribution in [0.25, 0.3) is 11.3 Å². The summed E-state index contributed by atoms with van der Waals surface area (Å²) >= 11 is 3.21. The van der Waals surface area contributed by atoms with Crippen molar-refractivity contribution in [3.05, 3.63) is 40.4 Å². The van der Waals surface area contributed by atoms with Crippen molar-refractivity contribution in [2.75, 3.05) is 7.11 Å². The Hall–Kier alpha value is -1.63. The molecule has 0 saturated carbocycles. The molecule has 2 rings (SSSR count). The van der Waals surface area contributed by atoms with Gasteiger partial charge < -0.3 is 4.74 Å². The van der Waals surface area contributed by atoms with Gasteiger partial charge in [0, 0.05) is 5.56 Å². The summed E-state index contributed by atoms with van der Waals surface area (Å²) in [6, 6.07) is 6.47. The summed E-state index contributed by atoms with van der Waals surface area (Å²) in [5, 5.41) is 7.60. The lowest BCUT2D eigenvalue weighted by Gasteiger charge is -2.08. The predicted molar refractivity (Wildman–Crippen MR) is 66.7 cm³/mol. The lowest BCUT2D eigenvalue weighted by molar-refractivity contribution is -0.137. The maximum absolute atomic E-state index is 12.6. The number of ether oxygens (including phenoxy) is 1. The van der Waals surface area contributed by atoms with E-state index in [1.807, 2.05) is 0 Å². The van der Waals surface area contributed by atoms with Gasteiger partial charge in [-0.25, -0.2) is 0 Å². The highest BCUT2D eigenvalue weighted by atomic mass is 79.9. The summed E-state index contributed by atoms with van der Waals surface area (Å²) in [7, 11) is 1.43. The number of alkyl halides is 3. The van der Waals surface area contributed by atoms with Crippen LogP contribution in [0.3, 0.4) is 0 Å². The molecule has 0 atom stereocenters. The Morgan fingerprint density at radius 3 is 2.47 bits per heavy atom. The van der Waals surface area contributed by atoms with Crippen molar-refractivity contribution < 1.29 is 17.9 Å². The smallest absolute Gasteiger partial charge is 0.416 e. The number of hydrogen-bond donors (Lipinski definition) is 0. The third-order valence-electron chi connectivity index (χ3n) is 2.40. The summed E-state index contributed by atoms with van der Waals surface area (Å²) < 4.78 is 43.3. The molecule has 0 N–H and O–H groups in total. The van der Waals surface area contributed by atoms with Crippen LogP contribution in [0.15, 0.2) is 34.8 Å². The number of aromatic nitrogens is 2. The normalized spacial score (nSPS) is 11.4. The van der Waals surface area contributed by atoms with Crippen molar-refractivity contribution in [1.29, 1.82) is 0 Å². The van der Waals surface area contributed by atoms with Gasteiger partial charge in [0.2, 0.25) is 5.88 Å². The molecular weight excluding hydrogens is 325 g/mol. The average molecular weight is 333 g/mol. The lowest BCUT2D eigenvalue weighted by atomic mass is 10.1. The number of methoxy groups -OCH3 is 1. The first kappa shape index (κ1) is 13.8. The van der Waals surface area contributed by atoms with Crippen LogP contribution in [0.2, 0.25) is 0 Å². The summed E-state index contributed by atoms with van der Waals surface area (Å²) in [5.41, 5.74) is -0.0526. The second kappa shape index (κ2) is 5.16. The van der Waals surface area contributed by atoms with Gasteiger partial charge in [0.1, 0.15) is 0 Å². The van der Waals surface area contributed by atoms with Crippen LogP contribution in [0, 0.1) is 0 Å². The van der Waals surface area contributed by atoms with E-state index < -0.39 is 11.7 Å². The standard InChI is InChI=1S/C12H8BrF3N2O/c1-19-11-9(13)6-10(17-18-11)7-3-2-4-8(5-7)12(14,15)16/h2-6H,1H3. The Morgan fingerprint density at radius 2 is 1.89 bits per heavy atom. The maximum Gasteiger partial charge on any atom is 0.416 e. The van der Waals surface area contributed by atoms with Crippen LogP contribution in [0.4, 0.5) is 13.2 Å². The minimum Gasteiger partial charge on any atom is -0.479 e. The highest BCUT2D eigenvalue weighted by molar-refractivity contribution is 9.10. The Bertz CT molecular complexity index is 602. The van der Waals surface area contributed by atoms with Crippen molar-refractivity contribution in [2.24, 2.45) is 0 Å². The molecule has 2 aromatic rings. The van der Waals surface area contributed by atoms with Gasteiger partial charge in [-0.05, 0) is 34.1 Å². The molecule has 1 aromatic carbocycles. The minimum atomic E-state index is -4.38. The molecule has 0 spiro atoms. The maximum atomic E-state index is 12.6. The Labute approximate surface area is 115 Å². The predicted octanol–water partition coefficient (Wildman–Crippen LogP) is 3.93. The van der Waals surface area contributed by atoms with Crippen molar-refractivity contribution in [1.82, 2.24) is 10.2 Å². The van der Waals surface area contributed by atoms with E-state index in [1.54, 1.807) is 6.07 Å². The molecule has 100 valence electrons. The summed E-state index contributed by atoms with van der Waals surface area (Å²) in [5.74, 6) is 0.274. The molecule has 0 unspecified atom stereocenters. The molecule has 7 heteroatoms. The Morgan fingerprint density at radius 1 is 1.16 bits per heavy atom. The largest absolute Gasteiger partial charge is 0.479 e. The van der Waals surface area contributed by atoms with Crippen molar-refractivity contribution in [2.45, 2.75) is 6.18 Å². The SMILES string of the molecule is COc1nnc(-c2cccc(C(F)(F)F)c2)cc1Br. The highest BCUT2D eigenvalue weighted by Gasteiger charge is 2.30. The van der Waals surface area contributed by atoms with Gasteiger partial charge in [-0.1, -0.05) is 12.1 Å². The molecule has 0 fully saturated rings. The van der Waals surface area contributed by atoms with Crippen LogP contribution in [-0.2, 0) is 6.18 Å². The van der Waals surface area contributed by atoms with Gasteiger partial charge in [-0.2, -0.15) is 13.2 Å². The molecule has 1 aromatic heterocycles. The van der Waals surface area contributed by atoms with Crippen LogP contribution in [0.1, 0.15) is 5.56 Å². The fourth-order valence-electron chi connectivity index (χ4n) is 1.49. The lowest BCUT2D eigenvalue weighted by Crippen LogP contribution is -2.04. The fourth-order valence-corrected chi connectivity index (χ4v) is 1.95. The molecule has 0 amide bonds. The van der Waals surface area contributed by atoms with Gasteiger partial charge in [-0.15, -0.1) is 10.2 Å². The first-order chi connectivity index (χ1) is 8.91. The third kappa shape index (κ3) is 3.04. The molecule has 0 saturated heterocycles. The van der Waals surface area contributed by atoms with Crippen LogP contribution in [0.5, 0.6) is 5.88 Å². The molecule has 19 heavy (non-hydrogen) atoms. The van der Waals surface area contributed by atoms with Gasteiger partial charge >= 0.3 is 6.18 Å². The number of halogens is 4. The van der Waals surface area contributed by atoms with E-state index >= 15 is 0 Å². The topological polar surface area (TPSA) is 35.0 Å². The second-order valence-corrected chi connectivity index (χ2v) is 4.52. The second-order valence-electron chi connectivity index (χ2n) is 3.67. The monoisotopic (exact) mass is 332 g/mol. The van der Waals surface area contributed by atoms with Crippen molar-refractivity contribution >= 4 is 15.9 Å². The van der Waals surface area contributed by atoms with E-state index in [4.69, 9.17) is 4.74 Å². The quantitative estimate of drug-likeness (QED) is 0.835. The zero-order valence-electron chi connectivity index (χ0n) is 9.70. The van der Waals surface area contributed by atoms with E-state index in [1.165, 1.54) is 19.2 Å². The summed E-state index contributed by atoms with van der Waals surface area (Å²) in [4.78, 5) is 0. The summed E-state index contributed by atoms with van der Waals surface area (Å²) in [6.07, 6.45) is -4.38. The van der Waals surface area contributed by atoms with E-state index in [0.29, 0.717) is 15.7 Å². The number of nitrogens with zero attached hydrogens (tertiary/aromatic N) is 2. The molecular formula is C12H8BrF3N2O. The molecule has 0 bridgehead atoms. The Kier molecular flexibility index (Phi) is 3.75. The third-order valence-corrected chi connectivity index (χ3v) is 2.96. The Balaban J connectivity index is 2.45. The number of hydrogen-bond acceptors (Lipinski definition) is 3. The summed E-state index contributed by atoms with van der Waals surface area (Å²) in [6.45, 7) is 0.